The summed E-state index contributed by atoms with van der Waals surface area (Å²) in [5.74, 6) is -2.51. The number of anilines is 1. The Balaban J connectivity index is 0.00000169. The Hall–Kier alpha value is -1.29. The Kier molecular flexibility index (Phi) is 5.72. The van der Waals surface area contributed by atoms with Gasteiger partial charge >= 0.3 is 29.6 Å². The number of rotatable bonds is 3. The van der Waals surface area contributed by atoms with Crippen molar-refractivity contribution in [3.05, 3.63) is 58.4 Å². The van der Waals surface area contributed by atoms with E-state index in [1.165, 1.54) is 24.3 Å². The molecule has 1 heterocycles. The predicted molar refractivity (Wildman–Crippen MR) is 84.3 cm³/mol. The molecule has 0 saturated heterocycles. The number of carbonyl (C=O) groups is 2. The first-order valence-corrected chi connectivity index (χ1v) is 8.42. The number of Topliss-reactive ketones (excluding diaryl/α,β-unsaturated/α-hetero) is 1. The summed E-state index contributed by atoms with van der Waals surface area (Å²) in [5.41, 5.74) is -0.0219. The van der Waals surface area contributed by atoms with E-state index in [0.29, 0.717) is 0 Å². The van der Waals surface area contributed by atoms with Gasteiger partial charge < -0.3 is 6.33 Å². The molecule has 0 unspecified atom stereocenters. The van der Waals surface area contributed by atoms with Crippen LogP contribution in [0.15, 0.2) is 41.3 Å². The van der Waals surface area contributed by atoms with Crippen molar-refractivity contribution in [2.75, 3.05) is 4.90 Å². The number of ketones is 1. The van der Waals surface area contributed by atoms with Crippen LogP contribution in [-0.4, -0.2) is 24.7 Å². The number of halogens is 2. The summed E-state index contributed by atoms with van der Waals surface area (Å²) in [7, 11) is -4.52. The molecule has 3 rings (SSSR count). The van der Waals surface area contributed by atoms with Gasteiger partial charge in [-0.05, 0) is 30.3 Å². The number of carbonyl (C=O) groups excluding carboxylic acids is 2. The summed E-state index contributed by atoms with van der Waals surface area (Å²) in [6.07, 6.45) is 0. The van der Waals surface area contributed by atoms with Gasteiger partial charge in [-0.2, -0.15) is 8.42 Å². The van der Waals surface area contributed by atoms with Crippen molar-refractivity contribution in [1.82, 2.24) is 0 Å². The van der Waals surface area contributed by atoms with Crippen LogP contribution in [0.5, 0.6) is 0 Å². The van der Waals surface area contributed by atoms with E-state index in [4.69, 9.17) is 16.2 Å². The molecule has 0 aromatic heterocycles. The van der Waals surface area contributed by atoms with Gasteiger partial charge in [0.05, 0.1) is 22.7 Å². The van der Waals surface area contributed by atoms with Gasteiger partial charge in [0.15, 0.2) is 0 Å². The molecule has 0 radical (unpaired) electrons. The van der Waals surface area contributed by atoms with Gasteiger partial charge in [0.1, 0.15) is 5.82 Å². The summed E-state index contributed by atoms with van der Waals surface area (Å²) in [6.45, 7) is -0.283. The molecule has 1 amide bonds. The summed E-state index contributed by atoms with van der Waals surface area (Å²) in [6, 6.07) is 7.20. The molecule has 0 fully saturated rings. The minimum atomic E-state index is -4.52. The second-order valence-electron chi connectivity index (χ2n) is 5.07. The SMILES string of the molecule is O=C1C(=O)N(Cc2c(F)cccc2Cl)c2ccc(S(=O)(=O)O)cc21.[H-].[Na+]. The molecule has 6 nitrogen and oxygen atoms in total. The third kappa shape index (κ3) is 3.64. The molecule has 2 aromatic rings. The maximum Gasteiger partial charge on any atom is 1.00 e. The molecular formula is C15H10ClFNNaO5S. The van der Waals surface area contributed by atoms with Crippen LogP contribution in [0.4, 0.5) is 10.1 Å². The van der Waals surface area contributed by atoms with Gasteiger partial charge in [-0.1, -0.05) is 17.7 Å². The molecule has 0 spiro atoms. The van der Waals surface area contributed by atoms with Crippen LogP contribution in [0, 0.1) is 5.82 Å². The molecule has 25 heavy (non-hydrogen) atoms. The number of fused-ring (bicyclic) bond motifs is 1. The first kappa shape index (κ1) is 20.0. The number of benzene rings is 2. The molecule has 1 aliphatic heterocycles. The summed E-state index contributed by atoms with van der Waals surface area (Å²) in [4.78, 5) is 24.7. The third-order valence-electron chi connectivity index (χ3n) is 3.62. The van der Waals surface area contributed by atoms with Crippen LogP contribution in [0.25, 0.3) is 0 Å². The number of hydrogen-bond acceptors (Lipinski definition) is 4. The second kappa shape index (κ2) is 7.14. The molecule has 1 N–H and O–H groups in total. The molecule has 0 saturated carbocycles. The monoisotopic (exact) mass is 393 g/mol. The standard InChI is InChI=1S/C15H9ClFNO5S.Na.H/c16-11-2-1-3-12(17)10(11)7-18-13-5-4-8(24(21,22)23)6-9(13)14(19)15(18)20;;/h1-6H,7H2,(H,21,22,23);;/q;+1;-1. The first-order chi connectivity index (χ1) is 11.2. The van der Waals surface area contributed by atoms with Gasteiger partial charge in [0, 0.05) is 10.6 Å². The van der Waals surface area contributed by atoms with E-state index in [1.807, 2.05) is 0 Å². The van der Waals surface area contributed by atoms with Crippen molar-refractivity contribution >= 4 is 39.1 Å². The fourth-order valence-electron chi connectivity index (χ4n) is 2.44. The molecule has 0 atom stereocenters. The predicted octanol–water partition coefficient (Wildman–Crippen LogP) is -0.428. The maximum atomic E-state index is 13.9. The van der Waals surface area contributed by atoms with Gasteiger partial charge in [-0.15, -0.1) is 0 Å². The third-order valence-corrected chi connectivity index (χ3v) is 4.82. The van der Waals surface area contributed by atoms with Crippen LogP contribution >= 0.6 is 11.6 Å². The van der Waals surface area contributed by atoms with Crippen molar-refractivity contribution in [3.63, 3.8) is 0 Å². The zero-order chi connectivity index (χ0) is 17.6. The Bertz CT molecular complexity index is 981. The van der Waals surface area contributed by atoms with Crippen molar-refractivity contribution < 1.29 is 57.9 Å². The minimum absolute atomic E-state index is 0. The van der Waals surface area contributed by atoms with Crippen molar-refractivity contribution in [2.45, 2.75) is 11.4 Å². The number of hydrogen-bond donors (Lipinski definition) is 1. The van der Waals surface area contributed by atoms with Crippen LogP contribution in [0.2, 0.25) is 5.02 Å². The van der Waals surface area contributed by atoms with E-state index in [0.717, 1.165) is 17.0 Å². The van der Waals surface area contributed by atoms with E-state index in [2.05, 4.69) is 0 Å². The molecule has 2 aromatic carbocycles. The van der Waals surface area contributed by atoms with Crippen LogP contribution in [0.1, 0.15) is 17.3 Å². The normalized spacial score (nSPS) is 13.6. The molecule has 10 heteroatoms. The average molecular weight is 394 g/mol. The fraction of sp³-hybridized carbons (Fsp3) is 0.0667. The number of nitrogens with zero attached hydrogens (tertiary/aromatic N) is 1. The van der Waals surface area contributed by atoms with Gasteiger partial charge in [0.2, 0.25) is 0 Å². The molecule has 0 bridgehead atoms. The van der Waals surface area contributed by atoms with E-state index < -0.39 is 32.5 Å². The van der Waals surface area contributed by atoms with E-state index >= 15 is 0 Å². The summed E-state index contributed by atoms with van der Waals surface area (Å²) in [5, 5.41) is 0.0956. The Morgan fingerprint density at radius 1 is 1.20 bits per heavy atom. The van der Waals surface area contributed by atoms with Gasteiger partial charge in [-0.25, -0.2) is 4.39 Å². The minimum Gasteiger partial charge on any atom is -1.00 e. The van der Waals surface area contributed by atoms with Crippen molar-refractivity contribution in [2.24, 2.45) is 0 Å². The molecular weight excluding hydrogens is 384 g/mol. The van der Waals surface area contributed by atoms with Crippen LogP contribution in [0.3, 0.4) is 0 Å². The quantitative estimate of drug-likeness (QED) is 0.434. The molecule has 126 valence electrons. The first-order valence-electron chi connectivity index (χ1n) is 6.61. The van der Waals surface area contributed by atoms with E-state index in [9.17, 15) is 22.4 Å². The van der Waals surface area contributed by atoms with Gasteiger partial charge in [-0.3, -0.25) is 14.1 Å². The van der Waals surface area contributed by atoms with Gasteiger partial charge in [0.25, 0.3) is 21.8 Å². The Labute approximate surface area is 171 Å². The Morgan fingerprint density at radius 3 is 2.48 bits per heavy atom. The van der Waals surface area contributed by atoms with Crippen LogP contribution < -0.4 is 34.5 Å². The maximum absolute atomic E-state index is 13.9. The largest absolute Gasteiger partial charge is 1.00 e. The van der Waals surface area contributed by atoms with Crippen molar-refractivity contribution in [1.29, 1.82) is 0 Å². The fourth-order valence-corrected chi connectivity index (χ4v) is 3.17. The Morgan fingerprint density at radius 2 is 1.88 bits per heavy atom. The zero-order valence-electron chi connectivity index (χ0n) is 13.9. The summed E-state index contributed by atoms with van der Waals surface area (Å²) >= 11 is 5.93. The van der Waals surface area contributed by atoms with E-state index in [-0.39, 0.29) is 59.4 Å². The molecule has 0 aliphatic carbocycles. The second-order valence-corrected chi connectivity index (χ2v) is 6.90. The zero-order valence-corrected chi connectivity index (χ0v) is 16.4. The molecule has 1 aliphatic rings. The smallest absolute Gasteiger partial charge is 1.00 e. The summed E-state index contributed by atoms with van der Waals surface area (Å²) < 4.78 is 45.3. The van der Waals surface area contributed by atoms with Crippen LogP contribution in [-0.2, 0) is 21.5 Å². The average Bonchev–Trinajstić information content (AvgIpc) is 2.74. The van der Waals surface area contributed by atoms with E-state index in [1.54, 1.807) is 0 Å². The number of amides is 1. The topological polar surface area (TPSA) is 91.8 Å². The van der Waals surface area contributed by atoms with Crippen molar-refractivity contribution in [3.8, 4) is 0 Å².